The van der Waals surface area contributed by atoms with Crippen LogP contribution >= 0.6 is 0 Å². The quantitative estimate of drug-likeness (QED) is 0.0392. The van der Waals surface area contributed by atoms with E-state index in [2.05, 4.69) is 219 Å². The maximum Gasteiger partial charge on any atom is 0.352 e. The van der Waals surface area contributed by atoms with Gasteiger partial charge < -0.3 is 56.9 Å². The van der Waals surface area contributed by atoms with Crippen LogP contribution in [0.1, 0.15) is 219 Å². The third-order valence-corrected chi connectivity index (χ3v) is 41.3. The lowest BCUT2D eigenvalue weighted by Crippen LogP contribution is -2.67. The number of nitrogens with zero attached hydrogens (tertiary/aromatic N) is 8. The molecule has 4 saturated heterocycles. The average Bonchev–Trinajstić information content (AvgIpc) is 1.63. The lowest BCUT2D eigenvalue weighted by molar-refractivity contribution is -0.130. The number of carbonyl (C=O) groups is 3. The highest BCUT2D eigenvalue weighted by molar-refractivity contribution is 6.84. The Labute approximate surface area is 663 Å². The molecule has 7 heterocycles. The minimum Gasteiger partial charge on any atom is -0.414 e. The van der Waals surface area contributed by atoms with E-state index in [1.165, 1.54) is 33.7 Å². The number of aromatic nitrogens is 6. The zero-order valence-corrected chi connectivity index (χ0v) is 74.4. The van der Waals surface area contributed by atoms with Gasteiger partial charge in [-0.3, -0.25) is 37.9 Å². The van der Waals surface area contributed by atoms with E-state index in [9.17, 15) is 33.9 Å². The number of anilines is 3. The molecule has 2 aromatic carbocycles. The van der Waals surface area contributed by atoms with Crippen LogP contribution in [0.4, 0.5) is 17.5 Å². The summed E-state index contributed by atoms with van der Waals surface area (Å²) in [4.78, 5) is 93.1. The predicted octanol–water partition coefficient (Wildman–Crippen LogP) is 13.3. The van der Waals surface area contributed by atoms with E-state index in [0.717, 1.165) is 11.1 Å². The van der Waals surface area contributed by atoms with Crippen LogP contribution in [0.5, 0.6) is 0 Å². The molecule has 4 aliphatic rings. The van der Waals surface area contributed by atoms with Crippen molar-refractivity contribution >= 4 is 69.3 Å². The Kier molecular flexibility index (Phi) is 33.4. The zero-order valence-electron chi connectivity index (χ0n) is 70.4. The van der Waals surface area contributed by atoms with Gasteiger partial charge in [-0.05, 0) is 156 Å². The highest BCUT2D eigenvalue weighted by Gasteiger charge is 2.67. The van der Waals surface area contributed by atoms with Gasteiger partial charge in [0.2, 0.25) is 12.0 Å². The van der Waals surface area contributed by atoms with Gasteiger partial charge in [0, 0.05) is 59.9 Å². The molecule has 9 rings (SSSR count). The number of terminal acetylenes is 1. The number of carbonyl (C=O) groups excluding carboxylic acids is 3. The van der Waals surface area contributed by atoms with E-state index in [4.69, 9.17) is 47.6 Å². The molecule has 2 amide bonds. The van der Waals surface area contributed by atoms with Crippen molar-refractivity contribution in [3.8, 4) is 24.2 Å². The van der Waals surface area contributed by atoms with Gasteiger partial charge in [-0.25, -0.2) is 14.4 Å². The number of benzene rings is 2. The first kappa shape index (κ1) is 92.9. The number of fused-ring (bicyclic) bond motifs is 2. The normalized spacial score (nSPS) is 22.0. The summed E-state index contributed by atoms with van der Waals surface area (Å²) in [5.41, 5.74) is 3.08. The average molecular weight is 1610 g/mol. The molecule has 7 atom stereocenters. The third-order valence-electron chi connectivity index (χ3n) is 20.9. The molecule has 4 fully saturated rings. The minimum absolute atomic E-state index is 0.000226. The molecule has 30 heteroatoms. The number of amides is 2. The van der Waals surface area contributed by atoms with Crippen LogP contribution in [0.2, 0.25) is 44.3 Å². The van der Waals surface area contributed by atoms with Crippen LogP contribution < -0.4 is 33.4 Å². The molecule has 5 aromatic rings. The van der Waals surface area contributed by atoms with Crippen molar-refractivity contribution in [2.45, 2.75) is 297 Å². The second-order valence-electron chi connectivity index (χ2n) is 32.8. The fraction of sp³-hybridized carbons (Fsp3) is 0.617. The van der Waals surface area contributed by atoms with E-state index in [1.54, 1.807) is 66.9 Å². The Balaban J connectivity index is 0.000000277. The molecule has 0 spiro atoms. The third kappa shape index (κ3) is 21.7. The number of nitrogen functional groups attached to an aromatic ring is 1. The van der Waals surface area contributed by atoms with E-state index in [0.29, 0.717) is 29.8 Å². The van der Waals surface area contributed by atoms with Crippen molar-refractivity contribution in [1.29, 1.82) is 0 Å². The number of aliphatic hydroxyl groups is 1. The highest BCUT2D eigenvalue weighted by Crippen LogP contribution is 2.52. The molecule has 0 radical (unpaired) electrons. The Morgan fingerprint density at radius 3 is 1.32 bits per heavy atom. The monoisotopic (exact) mass is 1610 g/mol. The topological polar surface area (TPSA) is 307 Å². The van der Waals surface area contributed by atoms with Gasteiger partial charge in [0.25, 0.3) is 11.8 Å². The fourth-order valence-corrected chi connectivity index (χ4v) is 37.2. The van der Waals surface area contributed by atoms with Crippen LogP contribution in [0.3, 0.4) is 0 Å². The Morgan fingerprint density at radius 2 is 0.937 bits per heavy atom. The summed E-state index contributed by atoms with van der Waals surface area (Å²) in [5, 5.41) is 18.2. The van der Waals surface area contributed by atoms with Crippen molar-refractivity contribution in [3.63, 3.8) is 0 Å². The van der Waals surface area contributed by atoms with E-state index >= 15 is 0 Å². The van der Waals surface area contributed by atoms with Crippen LogP contribution in [-0.4, -0.2) is 176 Å². The molecule has 1 unspecified atom stereocenters. The van der Waals surface area contributed by atoms with Crippen molar-refractivity contribution < 1.29 is 54.9 Å². The lowest BCUT2D eigenvalue weighted by Gasteiger charge is -2.51. The Bertz CT molecular complexity index is 4130. The van der Waals surface area contributed by atoms with E-state index in [1.807, 2.05) is 19.9 Å². The lowest BCUT2D eigenvalue weighted by atomic mass is 9.94. The van der Waals surface area contributed by atoms with Crippen molar-refractivity contribution in [3.05, 3.63) is 140 Å². The summed E-state index contributed by atoms with van der Waals surface area (Å²) in [6, 6.07) is 23.6. The first-order valence-electron chi connectivity index (χ1n) is 39.2. The number of hydrogen-bond donors (Lipinski definition) is 4. The SMILES string of the molecule is C#CCN(C(C)C)C(C)C.CC(C)N(CC#CC1(O)[C@H]2O[Si](C(C)C)(C(C)C)O[Si](C(C)C)(C(C)C)OC[C@H]2O[C@H]1n1ccc(NC(=O)c2ccccc2)nc1=O)C(C)C.CC(C)[Si]1(C(C)C)OC[C@H]2O[C@@H](n3ccc(NC(=O)c4ccccc4)nc3=O)C(=O)[C@H]2O[Si](C(C)C)(C(C)C)O1.CC(C)n1ccc(N)nc1=O. The molecule has 26 nitrogen and oxygen atoms in total. The van der Waals surface area contributed by atoms with Crippen LogP contribution in [0.15, 0.2) is 112 Å². The first-order chi connectivity index (χ1) is 51.9. The van der Waals surface area contributed by atoms with Crippen molar-refractivity contribution in [2.24, 2.45) is 0 Å². The van der Waals surface area contributed by atoms with Gasteiger partial charge in [-0.15, -0.1) is 6.42 Å². The van der Waals surface area contributed by atoms with Gasteiger partial charge in [-0.2, -0.15) is 15.0 Å². The number of Topliss-reactive ketones (excluding diaryl/α,β-unsaturated/α-hetero) is 1. The van der Waals surface area contributed by atoms with E-state index < -0.39 is 99.9 Å². The number of hydrogen-bond acceptors (Lipinski definition) is 21. The van der Waals surface area contributed by atoms with Crippen LogP contribution in [-0.2, 0) is 40.2 Å². The smallest absolute Gasteiger partial charge is 0.352 e. The predicted molar refractivity (Wildman–Crippen MR) is 445 cm³/mol. The molecule has 0 saturated carbocycles. The number of rotatable bonds is 21. The van der Waals surface area contributed by atoms with Gasteiger partial charge in [-0.1, -0.05) is 165 Å². The number of nitrogens with one attached hydrogen (secondary N) is 2. The van der Waals surface area contributed by atoms with Crippen molar-refractivity contribution in [2.75, 3.05) is 42.7 Å². The molecule has 5 N–H and O–H groups in total. The molecular weight excluding hydrogens is 1480 g/mol. The van der Waals surface area contributed by atoms with Gasteiger partial charge in [0.15, 0.2) is 11.8 Å². The second kappa shape index (κ2) is 39.9. The second-order valence-corrected chi connectivity index (χ2v) is 50.5. The zero-order chi connectivity index (χ0) is 83.2. The van der Waals surface area contributed by atoms with Gasteiger partial charge in [0.05, 0.1) is 26.3 Å². The Morgan fingerprint density at radius 1 is 0.532 bits per heavy atom. The molecule has 4 aliphatic heterocycles. The summed E-state index contributed by atoms with van der Waals surface area (Å²) in [5.74, 6) is 8.30. The van der Waals surface area contributed by atoms with E-state index in [-0.39, 0.29) is 105 Å². The summed E-state index contributed by atoms with van der Waals surface area (Å²) in [6.45, 7) is 56.1. The number of ether oxygens (including phenoxy) is 2. The molecule has 0 bridgehead atoms. The standard InChI is InChI=1S/C37H58N4O7Si2.C28H41N3O7Si2.C9H17N.C7H11N3O/c1-24(2)40(25(3)4)21-16-20-37(44)33-31(23-45-49(26(5)6,27(7)8)48-50(47-33,28(9)10)29(11)12)46-35(37)41-22-19-32(39-36(41)43)38-34(42)30-17-14-13-15-18-30;1-17(2)39(18(3)4)35-16-22-25(37-40(38-39,19(5)6)20(7)8)24(32)27(36-22)31-15-14-23(30-28(31)34)29-26(33)21-12-10-9-11-13-21;1-6-7-10(8(2)3)9(4)5;1-5(2)10-4-3-6(8)9-7(10)11/h13-15,17-19,22,24-29,31,33,35,44H,21,23H2,1-12H3,(H,38,39,42,43);9-15,17-20,22,25,27H,16H2,1-8H3,(H,29,30,33,34);1,8-9H,7H2,2-5H3;3-5H,1-2H3,(H2,8,9,11)/t31-,33+,35-,37?;22-,25+,27-;;/m11../s1. The van der Waals surface area contributed by atoms with Crippen molar-refractivity contribution in [1.82, 2.24) is 38.5 Å². The highest BCUT2D eigenvalue weighted by atomic mass is 28.5. The Hall–Kier alpha value is -6.96. The molecule has 0 aliphatic carbocycles. The minimum atomic E-state index is -3.19. The summed E-state index contributed by atoms with van der Waals surface area (Å²) >= 11 is 0. The number of ketones is 1. The van der Waals surface area contributed by atoms with Gasteiger partial charge >= 0.3 is 51.3 Å². The first-order valence-corrected chi connectivity index (χ1v) is 47.1. The summed E-state index contributed by atoms with van der Waals surface area (Å²) in [7, 11) is -11.9. The largest absolute Gasteiger partial charge is 0.414 e. The van der Waals surface area contributed by atoms with Gasteiger partial charge in [0.1, 0.15) is 41.9 Å². The molecule has 111 heavy (non-hydrogen) atoms. The number of nitrogens with two attached hydrogens (primary N) is 1. The molecular formula is C81H127N11O15Si4. The summed E-state index contributed by atoms with van der Waals surface area (Å²) in [6.07, 6.45) is 3.86. The molecule has 3 aromatic heterocycles. The van der Waals surface area contributed by atoms with Crippen LogP contribution in [0.25, 0.3) is 0 Å². The molecule has 612 valence electrons. The van der Waals surface area contributed by atoms with Crippen LogP contribution in [0, 0.1) is 24.2 Å². The fourth-order valence-electron chi connectivity index (χ4n) is 14.8. The maximum atomic E-state index is 13.8. The maximum absolute atomic E-state index is 13.8. The summed E-state index contributed by atoms with van der Waals surface area (Å²) < 4.78 is 58.9.